The highest BCUT2D eigenvalue weighted by atomic mass is 15.2. The van der Waals surface area contributed by atoms with Gasteiger partial charge in [-0.3, -0.25) is 4.90 Å². The minimum absolute atomic E-state index is 0.683. The van der Waals surface area contributed by atoms with Crippen LogP contribution in [0.25, 0.3) is 11.1 Å². The SMILES string of the molecule is CC(C)Cc1cccc(CN(CCN(C)C)Cc2ccccc2-c2ccccc2)c1. The minimum Gasteiger partial charge on any atom is -0.308 e. The molecular weight excluding hydrogens is 364 g/mol. The Kier molecular flexibility index (Phi) is 8.24. The summed E-state index contributed by atoms with van der Waals surface area (Å²) in [6.45, 7) is 8.60. The lowest BCUT2D eigenvalue weighted by atomic mass is 9.98. The second-order valence-electron chi connectivity index (χ2n) is 8.96. The van der Waals surface area contributed by atoms with Crippen LogP contribution in [0.4, 0.5) is 0 Å². The lowest BCUT2D eigenvalue weighted by Gasteiger charge is -2.26. The highest BCUT2D eigenvalue weighted by Gasteiger charge is 2.12. The number of nitrogens with zero attached hydrogens (tertiary/aromatic N) is 2. The third kappa shape index (κ3) is 6.83. The molecule has 0 bridgehead atoms. The summed E-state index contributed by atoms with van der Waals surface area (Å²) in [6.07, 6.45) is 1.14. The Morgan fingerprint density at radius 1 is 0.700 bits per heavy atom. The maximum absolute atomic E-state index is 2.58. The summed E-state index contributed by atoms with van der Waals surface area (Å²) in [6, 6.07) is 28.7. The molecule has 158 valence electrons. The first-order valence-electron chi connectivity index (χ1n) is 11.1. The molecule has 0 aliphatic heterocycles. The summed E-state index contributed by atoms with van der Waals surface area (Å²) in [7, 11) is 4.30. The molecule has 0 saturated heterocycles. The highest BCUT2D eigenvalue weighted by Crippen LogP contribution is 2.25. The number of benzene rings is 3. The van der Waals surface area contributed by atoms with Crippen LogP contribution in [0.2, 0.25) is 0 Å². The quantitative estimate of drug-likeness (QED) is 0.405. The highest BCUT2D eigenvalue weighted by molar-refractivity contribution is 5.67. The number of hydrogen-bond donors (Lipinski definition) is 0. The van der Waals surface area contributed by atoms with E-state index >= 15 is 0 Å². The standard InChI is InChI=1S/C28H36N2/c1-23(2)19-24-11-10-12-25(20-24)21-30(18-17-29(3)4)22-27-15-8-9-16-28(27)26-13-6-5-7-14-26/h5-16,20,23H,17-19,21-22H2,1-4H3. The molecule has 0 saturated carbocycles. The summed E-state index contributed by atoms with van der Waals surface area (Å²) < 4.78 is 0. The molecule has 0 aromatic heterocycles. The maximum atomic E-state index is 2.58. The van der Waals surface area contributed by atoms with Gasteiger partial charge in [0.1, 0.15) is 0 Å². The molecule has 2 heteroatoms. The van der Waals surface area contributed by atoms with Gasteiger partial charge < -0.3 is 4.90 Å². The molecule has 0 fully saturated rings. The van der Waals surface area contributed by atoms with E-state index in [1.54, 1.807) is 0 Å². The largest absolute Gasteiger partial charge is 0.308 e. The number of rotatable bonds is 10. The first kappa shape index (κ1) is 22.3. The van der Waals surface area contributed by atoms with Gasteiger partial charge in [-0.25, -0.2) is 0 Å². The van der Waals surface area contributed by atoms with Crippen LogP contribution in [0.1, 0.15) is 30.5 Å². The van der Waals surface area contributed by atoms with E-state index in [0.717, 1.165) is 32.6 Å². The van der Waals surface area contributed by atoms with Crippen molar-refractivity contribution in [2.75, 3.05) is 27.2 Å². The predicted molar refractivity (Wildman–Crippen MR) is 130 cm³/mol. The molecule has 30 heavy (non-hydrogen) atoms. The molecule has 3 rings (SSSR count). The Balaban J connectivity index is 1.82. The molecule has 0 aliphatic rings. The Bertz CT molecular complexity index is 899. The van der Waals surface area contributed by atoms with E-state index in [1.807, 2.05) is 0 Å². The van der Waals surface area contributed by atoms with Crippen LogP contribution in [0.3, 0.4) is 0 Å². The third-order valence-corrected chi connectivity index (χ3v) is 5.40. The molecule has 0 atom stereocenters. The monoisotopic (exact) mass is 400 g/mol. The van der Waals surface area contributed by atoms with Crippen molar-refractivity contribution in [2.24, 2.45) is 5.92 Å². The number of hydrogen-bond acceptors (Lipinski definition) is 2. The zero-order chi connectivity index (χ0) is 21.3. The molecule has 0 N–H and O–H groups in total. The Hall–Kier alpha value is -2.42. The van der Waals surface area contributed by atoms with Crippen molar-refractivity contribution in [1.29, 1.82) is 0 Å². The van der Waals surface area contributed by atoms with Crippen molar-refractivity contribution < 1.29 is 0 Å². The van der Waals surface area contributed by atoms with Crippen LogP contribution in [0.15, 0.2) is 78.9 Å². The predicted octanol–water partition coefficient (Wildman–Crippen LogP) is 6.12. The first-order valence-corrected chi connectivity index (χ1v) is 11.1. The van der Waals surface area contributed by atoms with E-state index < -0.39 is 0 Å². The van der Waals surface area contributed by atoms with Crippen LogP contribution in [0, 0.1) is 5.92 Å². The van der Waals surface area contributed by atoms with Crippen LogP contribution in [-0.4, -0.2) is 37.0 Å². The second kappa shape index (κ2) is 11.1. The molecule has 0 spiro atoms. The molecule has 0 radical (unpaired) electrons. The summed E-state index contributed by atoms with van der Waals surface area (Å²) in [5, 5.41) is 0. The van der Waals surface area contributed by atoms with E-state index in [4.69, 9.17) is 0 Å². The van der Waals surface area contributed by atoms with E-state index in [2.05, 4.69) is 117 Å². The topological polar surface area (TPSA) is 6.48 Å². The van der Waals surface area contributed by atoms with Gasteiger partial charge in [-0.1, -0.05) is 92.7 Å². The molecule has 0 aliphatic carbocycles. The van der Waals surface area contributed by atoms with Crippen LogP contribution in [-0.2, 0) is 19.5 Å². The third-order valence-electron chi connectivity index (χ3n) is 5.40. The van der Waals surface area contributed by atoms with Crippen LogP contribution < -0.4 is 0 Å². The lowest BCUT2D eigenvalue weighted by Crippen LogP contribution is -2.31. The molecule has 0 amide bonds. The van der Waals surface area contributed by atoms with E-state index in [-0.39, 0.29) is 0 Å². The average Bonchev–Trinajstić information content (AvgIpc) is 2.73. The van der Waals surface area contributed by atoms with Crippen LogP contribution in [0.5, 0.6) is 0 Å². The molecule has 0 unspecified atom stereocenters. The zero-order valence-electron chi connectivity index (χ0n) is 19.0. The molecular formula is C28H36N2. The Labute approximate surface area is 183 Å². The maximum Gasteiger partial charge on any atom is 0.0243 e. The van der Waals surface area contributed by atoms with Gasteiger partial charge in [0.25, 0.3) is 0 Å². The molecule has 0 heterocycles. The zero-order valence-corrected chi connectivity index (χ0v) is 19.0. The van der Waals surface area contributed by atoms with Gasteiger partial charge in [0.2, 0.25) is 0 Å². The number of likely N-dealkylation sites (N-methyl/N-ethyl adjacent to an activating group) is 1. The van der Waals surface area contributed by atoms with Gasteiger partial charge in [-0.15, -0.1) is 0 Å². The van der Waals surface area contributed by atoms with Crippen molar-refractivity contribution in [3.05, 3.63) is 95.6 Å². The van der Waals surface area contributed by atoms with Crippen molar-refractivity contribution in [3.63, 3.8) is 0 Å². The second-order valence-corrected chi connectivity index (χ2v) is 8.96. The fourth-order valence-electron chi connectivity index (χ4n) is 3.94. The van der Waals surface area contributed by atoms with E-state index in [9.17, 15) is 0 Å². The van der Waals surface area contributed by atoms with Gasteiger partial charge in [-0.2, -0.15) is 0 Å². The van der Waals surface area contributed by atoms with Crippen LogP contribution >= 0.6 is 0 Å². The van der Waals surface area contributed by atoms with Crippen molar-refractivity contribution in [1.82, 2.24) is 9.80 Å². The fraction of sp³-hybridized carbons (Fsp3) is 0.357. The van der Waals surface area contributed by atoms with Gasteiger partial charge in [0.15, 0.2) is 0 Å². The molecule has 3 aromatic carbocycles. The summed E-state index contributed by atoms with van der Waals surface area (Å²) in [4.78, 5) is 4.85. The van der Waals surface area contributed by atoms with Gasteiger partial charge in [0.05, 0.1) is 0 Å². The van der Waals surface area contributed by atoms with Crippen molar-refractivity contribution in [3.8, 4) is 11.1 Å². The smallest absolute Gasteiger partial charge is 0.0243 e. The van der Waals surface area contributed by atoms with Gasteiger partial charge >= 0.3 is 0 Å². The normalized spacial score (nSPS) is 11.6. The Morgan fingerprint density at radius 2 is 1.40 bits per heavy atom. The summed E-state index contributed by atoms with van der Waals surface area (Å²) in [5.41, 5.74) is 6.87. The van der Waals surface area contributed by atoms with E-state index in [1.165, 1.54) is 27.8 Å². The van der Waals surface area contributed by atoms with Gasteiger partial charge in [-0.05, 0) is 54.3 Å². The van der Waals surface area contributed by atoms with E-state index in [0.29, 0.717) is 5.92 Å². The fourth-order valence-corrected chi connectivity index (χ4v) is 3.94. The lowest BCUT2D eigenvalue weighted by molar-refractivity contribution is 0.226. The minimum atomic E-state index is 0.683. The summed E-state index contributed by atoms with van der Waals surface area (Å²) in [5.74, 6) is 0.683. The van der Waals surface area contributed by atoms with Crippen molar-refractivity contribution >= 4 is 0 Å². The summed E-state index contributed by atoms with van der Waals surface area (Å²) >= 11 is 0. The average molecular weight is 401 g/mol. The Morgan fingerprint density at radius 3 is 2.13 bits per heavy atom. The molecule has 3 aromatic rings. The first-order chi connectivity index (χ1) is 14.5. The van der Waals surface area contributed by atoms with Crippen molar-refractivity contribution in [2.45, 2.75) is 33.4 Å². The van der Waals surface area contributed by atoms with Gasteiger partial charge in [0, 0.05) is 26.2 Å². The molecule has 2 nitrogen and oxygen atoms in total.